The molecule has 0 saturated carbocycles. The van der Waals surface area contributed by atoms with Crippen LogP contribution in [0.2, 0.25) is 0 Å². The molecule has 0 saturated heterocycles. The molecular weight excluding hydrogens is 636 g/mol. The van der Waals surface area contributed by atoms with E-state index in [1.807, 2.05) is 0 Å². The Bertz CT molecular complexity index is 2580. The van der Waals surface area contributed by atoms with Gasteiger partial charge in [-0.3, -0.25) is 0 Å². The average molecular weight is 648 g/mol. The molecule has 8 bridgehead atoms. The molecule has 2 aliphatic heterocycles. The van der Waals surface area contributed by atoms with Crippen LogP contribution in [0.3, 0.4) is 0 Å². The van der Waals surface area contributed by atoms with Crippen molar-refractivity contribution in [2.75, 3.05) is 0 Å². The first kappa shape index (κ1) is 27.1. The van der Waals surface area contributed by atoms with Crippen LogP contribution in [0.25, 0.3) is 89.7 Å². The summed E-state index contributed by atoms with van der Waals surface area (Å²) >= 11 is 0. The molecule has 0 atom stereocenters. The first-order valence-electron chi connectivity index (χ1n) is 13.3. The van der Waals surface area contributed by atoms with Crippen LogP contribution in [0.15, 0.2) is 72.8 Å². The zero-order chi connectivity index (χ0) is 29.7. The summed E-state index contributed by atoms with van der Waals surface area (Å²) in [6.45, 7) is 0. The van der Waals surface area contributed by atoms with E-state index >= 15 is 17.6 Å². The van der Waals surface area contributed by atoms with Crippen molar-refractivity contribution in [2.24, 2.45) is 0 Å². The Morgan fingerprint density at radius 2 is 0.778 bits per heavy atom. The molecular formula is C32H12CuF4N8. The second-order valence-corrected chi connectivity index (χ2v) is 10.1. The Balaban J connectivity index is 0.00000300. The fourth-order valence-corrected chi connectivity index (χ4v) is 5.68. The van der Waals surface area contributed by atoms with Gasteiger partial charge in [0.05, 0.1) is 23.3 Å². The van der Waals surface area contributed by atoms with E-state index in [1.165, 1.54) is 48.5 Å². The molecule has 45 heavy (non-hydrogen) atoms. The van der Waals surface area contributed by atoms with Crippen molar-refractivity contribution >= 4 is 44.1 Å². The maximum absolute atomic E-state index is 15.3. The van der Waals surface area contributed by atoms with Crippen LogP contribution in [0.5, 0.6) is 0 Å². The van der Waals surface area contributed by atoms with Crippen LogP contribution in [0.4, 0.5) is 17.6 Å². The first-order valence-corrected chi connectivity index (χ1v) is 13.3. The minimum absolute atomic E-state index is 0. The zero-order valence-corrected chi connectivity index (χ0v) is 23.3. The maximum Gasteiger partial charge on any atom is 2.00 e. The van der Waals surface area contributed by atoms with Gasteiger partial charge in [0.15, 0.2) is 0 Å². The molecule has 8 nitrogen and oxygen atoms in total. The van der Waals surface area contributed by atoms with E-state index in [4.69, 9.17) is 0 Å². The molecule has 219 valence electrons. The summed E-state index contributed by atoms with van der Waals surface area (Å²) in [6, 6.07) is 17.4. The van der Waals surface area contributed by atoms with Crippen molar-refractivity contribution in [3.63, 3.8) is 0 Å². The summed E-state index contributed by atoms with van der Waals surface area (Å²) < 4.78 is 61.1. The number of hydrogen-bond acceptors (Lipinski definition) is 6. The van der Waals surface area contributed by atoms with Gasteiger partial charge in [-0.1, -0.05) is 48.5 Å². The van der Waals surface area contributed by atoms with Gasteiger partial charge < -0.3 is 29.9 Å². The van der Waals surface area contributed by atoms with Crippen molar-refractivity contribution in [3.05, 3.63) is 96.1 Å². The standard InChI is InChI=1S/C32H12F4N8.Cu/c33-17-9-1-5-13-21(17)29-38-25(13)37-26-14-6-2-10-18(34)22(14)30(39-26)41-28-16-8-4-12-20(36)24(16)32(43-28)44-31-23-15(27(40-29)42-31)7-3-11-19(23)35;/h1-12H;/q-2;+2. The second kappa shape index (κ2) is 9.74. The van der Waals surface area contributed by atoms with Gasteiger partial charge in [0.25, 0.3) is 0 Å². The minimum atomic E-state index is -0.647. The summed E-state index contributed by atoms with van der Waals surface area (Å²) in [6.07, 6.45) is 0. The predicted molar refractivity (Wildman–Crippen MR) is 154 cm³/mol. The number of aromatic nitrogens is 8. The monoisotopic (exact) mass is 647 g/mol. The average Bonchev–Trinajstić information content (AvgIpc) is 3.74. The largest absolute Gasteiger partial charge is 2.00 e. The van der Waals surface area contributed by atoms with Crippen molar-refractivity contribution < 1.29 is 34.6 Å². The predicted octanol–water partition coefficient (Wildman–Crippen LogP) is 6.68. The van der Waals surface area contributed by atoms with Crippen LogP contribution < -0.4 is 9.97 Å². The van der Waals surface area contributed by atoms with Crippen molar-refractivity contribution in [3.8, 4) is 45.6 Å². The normalized spacial score (nSPS) is 11.8. The Kier molecular flexibility index (Phi) is 5.86. The zero-order valence-electron chi connectivity index (χ0n) is 22.3. The summed E-state index contributed by atoms with van der Waals surface area (Å²) in [4.78, 5) is 36.1. The van der Waals surface area contributed by atoms with Gasteiger partial charge in [0, 0.05) is 55.6 Å². The Morgan fingerprint density at radius 1 is 0.400 bits per heavy atom. The molecule has 2 aliphatic rings. The van der Waals surface area contributed by atoms with Crippen molar-refractivity contribution in [2.45, 2.75) is 0 Å². The molecule has 3 aromatic heterocycles. The van der Waals surface area contributed by atoms with Crippen molar-refractivity contribution in [1.82, 2.24) is 39.9 Å². The summed E-state index contributed by atoms with van der Waals surface area (Å²) in [5.41, 5.74) is 0.594. The molecule has 0 amide bonds. The number of fused-ring (bicyclic) bond motifs is 20. The van der Waals surface area contributed by atoms with Gasteiger partial charge in [-0.15, -0.1) is 0 Å². The van der Waals surface area contributed by atoms with Crippen LogP contribution in [0, 0.1) is 23.3 Å². The Labute approximate surface area is 259 Å². The third kappa shape index (κ3) is 3.91. The van der Waals surface area contributed by atoms with E-state index in [1.54, 1.807) is 24.3 Å². The second-order valence-electron chi connectivity index (χ2n) is 10.1. The third-order valence-electron chi connectivity index (χ3n) is 7.61. The van der Waals surface area contributed by atoms with Crippen LogP contribution >= 0.6 is 0 Å². The van der Waals surface area contributed by atoms with E-state index in [2.05, 4.69) is 39.9 Å². The first-order chi connectivity index (χ1) is 21.4. The topological polar surface area (TPSA) is 106 Å². The molecule has 0 fully saturated rings. The number of nitrogens with zero attached hydrogens (tertiary/aromatic N) is 8. The molecule has 9 rings (SSSR count). The summed E-state index contributed by atoms with van der Waals surface area (Å²) in [7, 11) is 0. The molecule has 0 unspecified atom stereocenters. The van der Waals surface area contributed by atoms with Crippen molar-refractivity contribution in [1.29, 1.82) is 0 Å². The van der Waals surface area contributed by atoms with Gasteiger partial charge >= 0.3 is 17.1 Å². The third-order valence-corrected chi connectivity index (χ3v) is 7.61. The summed E-state index contributed by atoms with van der Waals surface area (Å²) in [5, 5.41) is 0.680. The SMILES string of the molecule is Fc1cccc2c1-c1nc-2nc2[n-]c(nc3nc(nc4[n-]c(n1)c1cccc(F)c41)-c1c(F)cccc1-3)c1c(F)cccc21.[Cu+2]. The molecule has 0 spiro atoms. The number of benzene rings is 4. The minimum Gasteiger partial charge on any atom is -0.357 e. The van der Waals surface area contributed by atoms with E-state index < -0.39 is 23.3 Å². The van der Waals surface area contributed by atoms with E-state index in [9.17, 15) is 0 Å². The van der Waals surface area contributed by atoms with E-state index in [0.29, 0.717) is 10.9 Å². The number of halogens is 4. The van der Waals surface area contributed by atoms with E-state index in [-0.39, 0.29) is 95.8 Å². The number of rotatable bonds is 0. The molecule has 4 aromatic carbocycles. The smallest absolute Gasteiger partial charge is 0.357 e. The fourth-order valence-electron chi connectivity index (χ4n) is 5.68. The fraction of sp³-hybridized carbons (Fsp3) is 0. The molecule has 7 aromatic rings. The van der Waals surface area contributed by atoms with Gasteiger partial charge in [-0.05, 0) is 35.0 Å². The quantitative estimate of drug-likeness (QED) is 0.133. The maximum atomic E-state index is 15.3. The number of hydrogen-bond donors (Lipinski definition) is 0. The Morgan fingerprint density at radius 3 is 1.27 bits per heavy atom. The molecule has 0 N–H and O–H groups in total. The molecule has 1 radical (unpaired) electrons. The van der Waals surface area contributed by atoms with Crippen LogP contribution in [-0.2, 0) is 17.1 Å². The van der Waals surface area contributed by atoms with Gasteiger partial charge in [0.1, 0.15) is 23.3 Å². The Hall–Kier alpha value is -5.52. The van der Waals surface area contributed by atoms with Gasteiger partial charge in [0.2, 0.25) is 0 Å². The van der Waals surface area contributed by atoms with Crippen LogP contribution in [-0.4, -0.2) is 29.9 Å². The van der Waals surface area contributed by atoms with Gasteiger partial charge in [-0.25, -0.2) is 27.5 Å². The molecule has 5 heterocycles. The van der Waals surface area contributed by atoms with Gasteiger partial charge in [-0.2, -0.15) is 0 Å². The summed E-state index contributed by atoms with van der Waals surface area (Å²) in [5.74, 6) is -2.61. The van der Waals surface area contributed by atoms with E-state index in [0.717, 1.165) is 0 Å². The van der Waals surface area contributed by atoms with Crippen LogP contribution in [0.1, 0.15) is 0 Å². The molecule has 0 aliphatic carbocycles. The molecule has 13 heteroatoms.